The van der Waals surface area contributed by atoms with Crippen molar-refractivity contribution in [2.24, 2.45) is 5.92 Å². The van der Waals surface area contributed by atoms with Crippen LogP contribution in [-0.2, 0) is 10.0 Å². The molecule has 2 aromatic carbocycles. The van der Waals surface area contributed by atoms with Gasteiger partial charge in [-0.3, -0.25) is 0 Å². The van der Waals surface area contributed by atoms with Crippen molar-refractivity contribution < 1.29 is 13.2 Å². The number of hydrogen-bond acceptors (Lipinski definition) is 4. The van der Waals surface area contributed by atoms with E-state index in [1.807, 2.05) is 31.2 Å². The molecule has 0 aliphatic carbocycles. The van der Waals surface area contributed by atoms with Crippen molar-refractivity contribution in [1.82, 2.24) is 10.0 Å². The largest absolute Gasteiger partial charge is 0.457 e. The summed E-state index contributed by atoms with van der Waals surface area (Å²) in [6, 6.07) is 14.2. The molecule has 1 aliphatic rings. The third kappa shape index (κ3) is 5.71. The van der Waals surface area contributed by atoms with Crippen LogP contribution in [0.3, 0.4) is 0 Å². The van der Waals surface area contributed by atoms with Crippen molar-refractivity contribution in [2.75, 3.05) is 19.6 Å². The third-order valence-electron chi connectivity index (χ3n) is 4.32. The minimum absolute atomic E-state index is 0. The number of benzene rings is 2. The molecule has 3 rings (SSSR count). The fourth-order valence-electron chi connectivity index (χ4n) is 2.91. The number of aryl methyl sites for hydroxylation is 1. The summed E-state index contributed by atoms with van der Waals surface area (Å²) in [7, 11) is -3.49. The molecule has 1 aliphatic heterocycles. The van der Waals surface area contributed by atoms with Gasteiger partial charge in [0.2, 0.25) is 10.0 Å². The molecule has 26 heavy (non-hydrogen) atoms. The van der Waals surface area contributed by atoms with Crippen LogP contribution in [0, 0.1) is 12.8 Å². The molecule has 0 bridgehead atoms. The van der Waals surface area contributed by atoms with Crippen molar-refractivity contribution in [1.29, 1.82) is 0 Å². The molecule has 1 fully saturated rings. The summed E-state index contributed by atoms with van der Waals surface area (Å²) in [6.45, 7) is 4.35. The third-order valence-corrected chi connectivity index (χ3v) is 5.76. The molecule has 1 unspecified atom stereocenters. The highest BCUT2D eigenvalue weighted by Gasteiger charge is 2.18. The van der Waals surface area contributed by atoms with Crippen LogP contribution in [0.1, 0.15) is 18.4 Å². The van der Waals surface area contributed by atoms with Gasteiger partial charge in [-0.15, -0.1) is 12.4 Å². The first-order valence-corrected chi connectivity index (χ1v) is 10.1. The van der Waals surface area contributed by atoms with Crippen molar-refractivity contribution in [3.63, 3.8) is 0 Å². The molecule has 7 heteroatoms. The molecule has 0 aromatic heterocycles. The quantitative estimate of drug-likeness (QED) is 0.784. The molecule has 1 saturated heterocycles. The van der Waals surface area contributed by atoms with Gasteiger partial charge in [0, 0.05) is 6.54 Å². The molecule has 0 amide bonds. The zero-order valence-electron chi connectivity index (χ0n) is 14.8. The summed E-state index contributed by atoms with van der Waals surface area (Å²) < 4.78 is 33.3. The zero-order chi connectivity index (χ0) is 17.7. The summed E-state index contributed by atoms with van der Waals surface area (Å²) in [5.74, 6) is 1.70. The second-order valence-corrected chi connectivity index (χ2v) is 8.22. The number of halogens is 1. The number of piperidine rings is 1. The van der Waals surface area contributed by atoms with Crippen molar-refractivity contribution in [3.8, 4) is 11.5 Å². The fourth-order valence-corrected chi connectivity index (χ4v) is 4.03. The molecule has 2 aromatic rings. The number of ether oxygens (including phenoxy) is 1. The average Bonchev–Trinajstić information content (AvgIpc) is 2.62. The van der Waals surface area contributed by atoms with Crippen LogP contribution < -0.4 is 14.8 Å². The summed E-state index contributed by atoms with van der Waals surface area (Å²) in [5.41, 5.74) is 1.11. The Morgan fingerprint density at radius 1 is 1.15 bits per heavy atom. The first-order valence-electron chi connectivity index (χ1n) is 8.58. The molecule has 0 saturated carbocycles. The Morgan fingerprint density at radius 2 is 1.92 bits per heavy atom. The predicted molar refractivity (Wildman–Crippen MR) is 106 cm³/mol. The summed E-state index contributed by atoms with van der Waals surface area (Å²) >= 11 is 0. The Morgan fingerprint density at radius 3 is 2.58 bits per heavy atom. The minimum Gasteiger partial charge on any atom is -0.457 e. The van der Waals surface area contributed by atoms with E-state index in [-0.39, 0.29) is 17.3 Å². The van der Waals surface area contributed by atoms with E-state index in [9.17, 15) is 8.42 Å². The van der Waals surface area contributed by atoms with E-state index in [1.54, 1.807) is 24.3 Å². The van der Waals surface area contributed by atoms with E-state index in [2.05, 4.69) is 10.0 Å². The first kappa shape index (κ1) is 20.7. The lowest BCUT2D eigenvalue weighted by molar-refractivity contribution is 0.376. The van der Waals surface area contributed by atoms with E-state index < -0.39 is 10.0 Å². The Labute approximate surface area is 161 Å². The number of nitrogens with one attached hydrogen (secondary N) is 2. The van der Waals surface area contributed by atoms with Gasteiger partial charge in [0.25, 0.3) is 0 Å². The summed E-state index contributed by atoms with van der Waals surface area (Å²) in [5, 5.41) is 3.29. The lowest BCUT2D eigenvalue weighted by atomic mass is 10.0. The molecule has 1 atom stereocenters. The van der Waals surface area contributed by atoms with Crippen molar-refractivity contribution in [2.45, 2.75) is 24.7 Å². The Balaban J connectivity index is 0.00000243. The van der Waals surface area contributed by atoms with Gasteiger partial charge in [-0.05, 0) is 80.7 Å². The van der Waals surface area contributed by atoms with Gasteiger partial charge >= 0.3 is 0 Å². The van der Waals surface area contributed by atoms with Crippen LogP contribution in [0.15, 0.2) is 53.4 Å². The minimum atomic E-state index is -3.49. The van der Waals surface area contributed by atoms with Gasteiger partial charge in [-0.1, -0.05) is 12.1 Å². The number of rotatable bonds is 6. The molecular formula is C19H25ClN2O3S. The average molecular weight is 397 g/mol. The van der Waals surface area contributed by atoms with Crippen molar-refractivity contribution in [3.05, 3.63) is 54.1 Å². The van der Waals surface area contributed by atoms with Gasteiger partial charge in [0.15, 0.2) is 0 Å². The molecular weight excluding hydrogens is 372 g/mol. The second-order valence-electron chi connectivity index (χ2n) is 6.45. The van der Waals surface area contributed by atoms with Crippen molar-refractivity contribution >= 4 is 22.4 Å². The van der Waals surface area contributed by atoms with E-state index >= 15 is 0 Å². The van der Waals surface area contributed by atoms with Gasteiger partial charge in [-0.25, -0.2) is 13.1 Å². The predicted octanol–water partition coefficient (Wildman–Crippen LogP) is 3.49. The highest BCUT2D eigenvalue weighted by molar-refractivity contribution is 7.89. The van der Waals surface area contributed by atoms with Crippen LogP contribution in [0.2, 0.25) is 0 Å². The molecule has 1 heterocycles. The maximum atomic E-state index is 12.4. The van der Waals surface area contributed by atoms with E-state index in [1.165, 1.54) is 0 Å². The molecule has 142 valence electrons. The number of sulfonamides is 1. The lowest BCUT2D eigenvalue weighted by Crippen LogP contribution is -2.38. The van der Waals surface area contributed by atoms with Crippen LogP contribution >= 0.6 is 12.4 Å². The Bertz CT molecular complexity index is 804. The van der Waals surface area contributed by atoms with Crippen LogP contribution in [0.25, 0.3) is 0 Å². The summed E-state index contributed by atoms with van der Waals surface area (Å²) in [6.07, 6.45) is 2.15. The normalized spacial score (nSPS) is 17.3. The highest BCUT2D eigenvalue weighted by Crippen LogP contribution is 2.23. The highest BCUT2D eigenvalue weighted by atomic mass is 35.5. The van der Waals surface area contributed by atoms with E-state index in [4.69, 9.17) is 4.74 Å². The van der Waals surface area contributed by atoms with Crippen LogP contribution in [-0.4, -0.2) is 28.1 Å². The van der Waals surface area contributed by atoms with Gasteiger partial charge in [0.1, 0.15) is 11.5 Å². The lowest BCUT2D eigenvalue weighted by Gasteiger charge is -2.22. The zero-order valence-corrected chi connectivity index (χ0v) is 16.4. The molecule has 5 nitrogen and oxygen atoms in total. The van der Waals surface area contributed by atoms with Crippen LogP contribution in [0.4, 0.5) is 0 Å². The smallest absolute Gasteiger partial charge is 0.240 e. The standard InChI is InChI=1S/C19H24N2O3S.ClH/c1-15-4-2-6-18(12-15)24-17-7-9-19(10-8-17)25(22,23)21-14-16-5-3-11-20-13-16;/h2,4,6-10,12,16,20-21H,3,5,11,13-14H2,1H3;1H. The maximum Gasteiger partial charge on any atom is 0.240 e. The SMILES string of the molecule is Cc1cccc(Oc2ccc(S(=O)(=O)NCC3CCCNC3)cc2)c1.Cl. The summed E-state index contributed by atoms with van der Waals surface area (Å²) in [4.78, 5) is 0.257. The molecule has 2 N–H and O–H groups in total. The Kier molecular flexibility index (Phi) is 7.46. The van der Waals surface area contributed by atoms with E-state index in [0.29, 0.717) is 18.2 Å². The molecule has 0 radical (unpaired) electrons. The van der Waals surface area contributed by atoms with Gasteiger partial charge < -0.3 is 10.1 Å². The first-order chi connectivity index (χ1) is 12.0. The molecule has 0 spiro atoms. The van der Waals surface area contributed by atoms with Crippen LogP contribution in [0.5, 0.6) is 11.5 Å². The number of hydrogen-bond donors (Lipinski definition) is 2. The monoisotopic (exact) mass is 396 g/mol. The van der Waals surface area contributed by atoms with Gasteiger partial charge in [-0.2, -0.15) is 0 Å². The maximum absolute atomic E-state index is 12.4. The Hall–Kier alpha value is -1.60. The van der Waals surface area contributed by atoms with E-state index in [0.717, 1.165) is 37.2 Å². The van der Waals surface area contributed by atoms with Gasteiger partial charge in [0.05, 0.1) is 4.90 Å². The second kappa shape index (κ2) is 9.37. The topological polar surface area (TPSA) is 67.4 Å². The fraction of sp³-hybridized carbons (Fsp3) is 0.368.